The lowest BCUT2D eigenvalue weighted by Gasteiger charge is -2.33. The van der Waals surface area contributed by atoms with E-state index in [4.69, 9.17) is 32.9 Å². The van der Waals surface area contributed by atoms with Gasteiger partial charge in [0.1, 0.15) is 11.6 Å². The van der Waals surface area contributed by atoms with E-state index in [0.29, 0.717) is 40.4 Å². The molecule has 4 atom stereocenters. The number of ether oxygens (including phenoxy) is 1. The quantitative estimate of drug-likeness (QED) is 0.182. The summed E-state index contributed by atoms with van der Waals surface area (Å²) in [5.41, 5.74) is 3.95. The van der Waals surface area contributed by atoms with E-state index in [1.165, 1.54) is 13.2 Å². The van der Waals surface area contributed by atoms with Gasteiger partial charge < -0.3 is 14.6 Å². The number of carbonyl (C=O) groups excluding carboxylic acids is 2. The third kappa shape index (κ3) is 5.32. The molecule has 0 radical (unpaired) electrons. The number of likely N-dealkylation sites (tertiary alicyclic amines) is 1. The third-order valence-corrected chi connectivity index (χ3v) is 9.01. The number of halogens is 3. The Hall–Kier alpha value is -3.72. The molecule has 6 rings (SSSR count). The van der Waals surface area contributed by atoms with E-state index in [0.717, 1.165) is 23.3 Å². The number of amides is 1. The number of fused-ring (bicyclic) bond motifs is 5. The summed E-state index contributed by atoms with van der Waals surface area (Å²) in [7, 11) is 1.34. The molecule has 3 heterocycles. The van der Waals surface area contributed by atoms with Crippen molar-refractivity contribution in [1.29, 1.82) is 0 Å². The average molecular weight is 622 g/mol. The highest BCUT2D eigenvalue weighted by atomic mass is 35.5. The largest absolute Gasteiger partial charge is 0.465 e. The molecular weight excluding hydrogens is 590 g/mol. The number of nitrogens with one attached hydrogen (secondary N) is 1. The van der Waals surface area contributed by atoms with Crippen molar-refractivity contribution in [2.75, 3.05) is 19.0 Å². The lowest BCUT2D eigenvalue weighted by atomic mass is 9.78. The first-order valence-corrected chi connectivity index (χ1v) is 14.9. The molecule has 0 aliphatic carbocycles. The van der Waals surface area contributed by atoms with Crippen LogP contribution in [-0.2, 0) is 16.1 Å². The van der Waals surface area contributed by atoms with Gasteiger partial charge in [-0.25, -0.2) is 14.2 Å². The van der Waals surface area contributed by atoms with Crippen molar-refractivity contribution in [3.63, 3.8) is 0 Å². The fourth-order valence-electron chi connectivity index (χ4n) is 6.65. The Labute approximate surface area is 259 Å². The predicted molar refractivity (Wildman–Crippen MR) is 166 cm³/mol. The molecule has 7 nitrogen and oxygen atoms in total. The van der Waals surface area contributed by atoms with Crippen LogP contribution >= 0.6 is 23.2 Å². The Morgan fingerprint density at radius 3 is 2.63 bits per heavy atom. The van der Waals surface area contributed by atoms with Crippen molar-refractivity contribution in [2.45, 2.75) is 50.7 Å². The molecule has 0 spiro atoms. The van der Waals surface area contributed by atoms with Gasteiger partial charge >= 0.3 is 5.97 Å². The third-order valence-electron chi connectivity index (χ3n) is 8.48. The lowest BCUT2D eigenvalue weighted by Crippen LogP contribution is -2.46. The Morgan fingerprint density at radius 1 is 1.09 bits per heavy atom. The van der Waals surface area contributed by atoms with Crippen molar-refractivity contribution in [2.24, 2.45) is 0 Å². The number of hydrogen-bond acceptors (Lipinski definition) is 5. The zero-order valence-corrected chi connectivity index (χ0v) is 25.5. The minimum atomic E-state index is -0.741. The Kier molecular flexibility index (Phi) is 8.02. The first-order valence-electron chi connectivity index (χ1n) is 14.2. The van der Waals surface area contributed by atoms with Crippen LogP contribution in [-0.4, -0.2) is 52.1 Å². The zero-order valence-electron chi connectivity index (χ0n) is 24.0. The highest BCUT2D eigenvalue weighted by Crippen LogP contribution is 2.52. The molecule has 43 heavy (non-hydrogen) atoms. The van der Waals surface area contributed by atoms with Crippen molar-refractivity contribution in [3.05, 3.63) is 105 Å². The van der Waals surface area contributed by atoms with Crippen LogP contribution in [0.25, 0.3) is 11.0 Å². The number of aryl methyl sites for hydroxylation is 1. The molecule has 2 aliphatic heterocycles. The number of rotatable bonds is 6. The fraction of sp³-hybridized carbons (Fsp3) is 0.303. The second-order valence-corrected chi connectivity index (χ2v) is 12.1. The van der Waals surface area contributed by atoms with Crippen LogP contribution in [0, 0.1) is 5.82 Å². The maximum Gasteiger partial charge on any atom is 0.337 e. The molecule has 1 saturated heterocycles. The molecule has 0 saturated carbocycles. The number of benzene rings is 3. The van der Waals surface area contributed by atoms with E-state index < -0.39 is 23.7 Å². The highest BCUT2D eigenvalue weighted by molar-refractivity contribution is 6.31. The van der Waals surface area contributed by atoms with Crippen molar-refractivity contribution in [1.82, 2.24) is 14.5 Å². The van der Waals surface area contributed by atoms with E-state index >= 15 is 4.39 Å². The molecule has 4 aromatic rings. The number of carbonyl (C=O) groups is 2. The van der Waals surface area contributed by atoms with Crippen LogP contribution in [0.4, 0.5) is 10.1 Å². The summed E-state index contributed by atoms with van der Waals surface area (Å²) >= 11 is 12.6. The molecule has 1 N–H and O–H groups in total. The Balaban J connectivity index is 1.53. The number of allylic oxidation sites excluding steroid dienone is 1. The fourth-order valence-corrected chi connectivity index (χ4v) is 7.02. The topological polar surface area (TPSA) is 76.5 Å². The molecule has 1 amide bonds. The molecule has 2 aliphatic rings. The molecule has 222 valence electrons. The van der Waals surface area contributed by atoms with Gasteiger partial charge in [-0.05, 0) is 68.3 Å². The van der Waals surface area contributed by atoms with Crippen LogP contribution in [0.5, 0.6) is 0 Å². The lowest BCUT2D eigenvalue weighted by molar-refractivity contribution is -0.121. The van der Waals surface area contributed by atoms with Gasteiger partial charge in [0, 0.05) is 41.7 Å². The SMILES string of the molecule is COC(=O)c1ccc2c(c1)nc1n2CC[C@H]2[C@@H]1[C@H](c1cccc(Cl)c1F)[C@H](C(=O)Nc1cccc(Cl)c1)N2CC=C(C)C. The van der Waals surface area contributed by atoms with Gasteiger partial charge in [0.2, 0.25) is 5.91 Å². The molecule has 1 aromatic heterocycles. The minimum Gasteiger partial charge on any atom is -0.465 e. The maximum atomic E-state index is 15.9. The second kappa shape index (κ2) is 11.8. The summed E-state index contributed by atoms with van der Waals surface area (Å²) in [6, 6.07) is 16.4. The van der Waals surface area contributed by atoms with E-state index in [9.17, 15) is 9.59 Å². The molecule has 1 fully saturated rings. The standard InChI is InChI=1S/C33H31Cl2FN4O3/c1-18(2)12-14-39-26-13-15-40-25-11-10-19(33(42)43-3)16-24(25)38-31(40)28(26)27(22-8-5-9-23(35)29(22)36)30(39)32(41)37-21-7-4-6-20(34)17-21/h4-12,16-17,26-28,30H,13-15H2,1-3H3,(H,37,41)/t26-,27-,28+,30+/m0/s1. The van der Waals surface area contributed by atoms with Crippen molar-refractivity contribution < 1.29 is 18.7 Å². The Bertz CT molecular complexity index is 1770. The van der Waals surface area contributed by atoms with Crippen molar-refractivity contribution >= 4 is 51.8 Å². The number of hydrogen-bond donors (Lipinski definition) is 1. The maximum absolute atomic E-state index is 15.9. The van der Waals surface area contributed by atoms with E-state index in [1.807, 2.05) is 19.9 Å². The number of imidazole rings is 1. The number of methoxy groups -OCH3 is 1. The molecule has 0 unspecified atom stereocenters. The normalized spacial score (nSPS) is 21.3. The molecule has 0 bridgehead atoms. The van der Waals surface area contributed by atoms with E-state index in [1.54, 1.807) is 48.5 Å². The first-order chi connectivity index (χ1) is 20.7. The van der Waals surface area contributed by atoms with Gasteiger partial charge in [-0.1, -0.05) is 53.1 Å². The van der Waals surface area contributed by atoms with Gasteiger partial charge in [-0.2, -0.15) is 0 Å². The second-order valence-electron chi connectivity index (χ2n) is 11.3. The number of aromatic nitrogens is 2. The average Bonchev–Trinajstić information content (AvgIpc) is 3.52. The summed E-state index contributed by atoms with van der Waals surface area (Å²) in [5, 5.41) is 3.54. The summed E-state index contributed by atoms with van der Waals surface area (Å²) in [4.78, 5) is 33.8. The van der Waals surface area contributed by atoms with Gasteiger partial charge in [0.05, 0.1) is 34.8 Å². The molecule has 10 heteroatoms. The first kappa shape index (κ1) is 29.4. The van der Waals surface area contributed by atoms with Crippen molar-refractivity contribution in [3.8, 4) is 0 Å². The van der Waals surface area contributed by atoms with Crippen LogP contribution in [0.1, 0.15) is 53.8 Å². The van der Waals surface area contributed by atoms with Crippen LogP contribution in [0.15, 0.2) is 72.3 Å². The van der Waals surface area contributed by atoms with E-state index in [2.05, 4.69) is 20.9 Å². The van der Waals surface area contributed by atoms with Gasteiger partial charge in [-0.15, -0.1) is 0 Å². The predicted octanol–water partition coefficient (Wildman–Crippen LogP) is 7.20. The van der Waals surface area contributed by atoms with E-state index in [-0.39, 0.29) is 22.9 Å². The zero-order chi connectivity index (χ0) is 30.4. The van der Waals surface area contributed by atoms with Crippen LogP contribution in [0.3, 0.4) is 0 Å². The summed E-state index contributed by atoms with van der Waals surface area (Å²) in [6.07, 6.45) is 2.81. The molecular formula is C33H31Cl2FN4O3. The highest BCUT2D eigenvalue weighted by Gasteiger charge is 2.56. The minimum absolute atomic E-state index is 0.00201. The van der Waals surface area contributed by atoms with Crippen LogP contribution in [0.2, 0.25) is 10.0 Å². The molecule has 3 aromatic carbocycles. The van der Waals surface area contributed by atoms with Gasteiger partial charge in [0.25, 0.3) is 0 Å². The van der Waals surface area contributed by atoms with Gasteiger partial charge in [0.15, 0.2) is 0 Å². The number of nitrogens with zero attached hydrogens (tertiary/aromatic N) is 3. The summed E-state index contributed by atoms with van der Waals surface area (Å²) < 4.78 is 23.0. The summed E-state index contributed by atoms with van der Waals surface area (Å²) in [5.74, 6) is -1.45. The van der Waals surface area contributed by atoms with Gasteiger partial charge in [-0.3, -0.25) is 9.69 Å². The van der Waals surface area contributed by atoms with Crippen LogP contribution < -0.4 is 5.32 Å². The monoisotopic (exact) mass is 620 g/mol. The summed E-state index contributed by atoms with van der Waals surface area (Å²) in [6.45, 7) is 5.19. The number of esters is 1. The number of anilines is 1. The Morgan fingerprint density at radius 2 is 1.88 bits per heavy atom. The smallest absolute Gasteiger partial charge is 0.337 e.